The van der Waals surface area contributed by atoms with Crippen LogP contribution in [0.2, 0.25) is 0 Å². The average molecular weight is 247 g/mol. The topological polar surface area (TPSA) is 52.3 Å². The number of carbonyl (C=O) groups excluding carboxylic acids is 1. The Morgan fingerprint density at radius 1 is 1.22 bits per heavy atom. The Morgan fingerprint density at radius 2 is 1.83 bits per heavy atom. The zero-order chi connectivity index (χ0) is 13.0. The van der Waals surface area contributed by atoms with Gasteiger partial charge in [0.15, 0.2) is 0 Å². The second-order valence-corrected chi connectivity index (χ2v) is 5.29. The van der Waals surface area contributed by atoms with Crippen LogP contribution in [0, 0.1) is 5.92 Å². The van der Waals surface area contributed by atoms with E-state index in [-0.39, 0.29) is 12.1 Å². The zero-order valence-corrected chi connectivity index (χ0v) is 10.9. The van der Waals surface area contributed by atoms with Gasteiger partial charge in [0.25, 0.3) is 0 Å². The van der Waals surface area contributed by atoms with Gasteiger partial charge in [-0.25, -0.2) is 0 Å². The Kier molecular flexibility index (Phi) is 4.24. The molecule has 1 saturated carbocycles. The van der Waals surface area contributed by atoms with Crippen molar-refractivity contribution in [2.45, 2.75) is 45.1 Å². The summed E-state index contributed by atoms with van der Waals surface area (Å²) in [5.74, 6) is 0.649. The summed E-state index contributed by atoms with van der Waals surface area (Å²) < 4.78 is 5.50. The van der Waals surface area contributed by atoms with Crippen LogP contribution < -0.4 is 5.73 Å². The molecule has 1 aromatic carbocycles. The predicted octanol–water partition coefficient (Wildman–Crippen LogP) is 2.93. The Bertz CT molecular complexity index is 391. The number of hydrogen-bond donors (Lipinski definition) is 1. The van der Waals surface area contributed by atoms with Crippen molar-refractivity contribution < 1.29 is 9.53 Å². The lowest BCUT2D eigenvalue weighted by Gasteiger charge is -2.26. The first-order valence-electron chi connectivity index (χ1n) is 6.67. The number of nitrogen functional groups attached to an aromatic ring is 1. The number of nitrogens with two attached hydrogens (primary N) is 1. The van der Waals surface area contributed by atoms with Crippen molar-refractivity contribution in [1.82, 2.24) is 0 Å². The third-order valence-corrected chi connectivity index (χ3v) is 3.59. The van der Waals surface area contributed by atoms with Gasteiger partial charge in [-0.1, -0.05) is 19.1 Å². The molecule has 1 fully saturated rings. The monoisotopic (exact) mass is 247 g/mol. The standard InChI is InChI=1S/C15H21NO2/c1-11-2-8-14(9-3-11)18-15(17)10-12-4-6-13(16)7-5-12/h4-7,11,14H,2-3,8-10,16H2,1H3. The summed E-state index contributed by atoms with van der Waals surface area (Å²) >= 11 is 0. The molecule has 0 saturated heterocycles. The molecule has 0 radical (unpaired) electrons. The van der Waals surface area contributed by atoms with E-state index in [1.54, 1.807) is 0 Å². The molecule has 1 aromatic rings. The Labute approximate surface area is 108 Å². The molecule has 0 spiro atoms. The molecule has 0 unspecified atom stereocenters. The molecule has 0 aromatic heterocycles. The molecule has 0 heterocycles. The highest BCUT2D eigenvalue weighted by Gasteiger charge is 2.21. The number of benzene rings is 1. The zero-order valence-electron chi connectivity index (χ0n) is 10.9. The van der Waals surface area contributed by atoms with Crippen LogP contribution in [-0.2, 0) is 16.0 Å². The molecule has 0 atom stereocenters. The van der Waals surface area contributed by atoms with Gasteiger partial charge in [0.05, 0.1) is 6.42 Å². The molecular weight excluding hydrogens is 226 g/mol. The van der Waals surface area contributed by atoms with Crippen LogP contribution in [0.1, 0.15) is 38.2 Å². The van der Waals surface area contributed by atoms with Crippen LogP contribution >= 0.6 is 0 Å². The van der Waals surface area contributed by atoms with Crippen molar-refractivity contribution in [2.75, 3.05) is 5.73 Å². The van der Waals surface area contributed by atoms with Crippen LogP contribution in [0.15, 0.2) is 24.3 Å². The Morgan fingerprint density at radius 3 is 2.44 bits per heavy atom. The fourth-order valence-corrected chi connectivity index (χ4v) is 2.38. The highest BCUT2D eigenvalue weighted by atomic mass is 16.5. The summed E-state index contributed by atoms with van der Waals surface area (Å²) in [5, 5.41) is 0. The van der Waals surface area contributed by atoms with Crippen LogP contribution in [0.5, 0.6) is 0 Å². The predicted molar refractivity (Wildman–Crippen MR) is 72.1 cm³/mol. The molecule has 98 valence electrons. The normalized spacial score (nSPS) is 23.6. The number of esters is 1. The van der Waals surface area contributed by atoms with Crippen molar-refractivity contribution in [3.05, 3.63) is 29.8 Å². The van der Waals surface area contributed by atoms with E-state index < -0.39 is 0 Å². The lowest BCUT2D eigenvalue weighted by molar-refractivity contribution is -0.150. The van der Waals surface area contributed by atoms with Crippen molar-refractivity contribution in [1.29, 1.82) is 0 Å². The van der Waals surface area contributed by atoms with Crippen LogP contribution in [0.25, 0.3) is 0 Å². The number of anilines is 1. The first-order chi connectivity index (χ1) is 8.63. The molecular formula is C15H21NO2. The summed E-state index contributed by atoms with van der Waals surface area (Å²) in [5.41, 5.74) is 7.28. The molecule has 0 bridgehead atoms. The molecule has 3 nitrogen and oxygen atoms in total. The van der Waals surface area contributed by atoms with Gasteiger partial charge in [-0.05, 0) is 49.3 Å². The van der Waals surface area contributed by atoms with Gasteiger partial charge in [-0.15, -0.1) is 0 Å². The van der Waals surface area contributed by atoms with E-state index in [4.69, 9.17) is 10.5 Å². The minimum atomic E-state index is -0.126. The molecule has 3 heteroatoms. The summed E-state index contributed by atoms with van der Waals surface area (Å²) in [4.78, 5) is 11.8. The van der Waals surface area contributed by atoms with E-state index in [0.29, 0.717) is 12.1 Å². The van der Waals surface area contributed by atoms with Crippen LogP contribution in [-0.4, -0.2) is 12.1 Å². The first-order valence-corrected chi connectivity index (χ1v) is 6.67. The maximum absolute atomic E-state index is 11.8. The van der Waals surface area contributed by atoms with Crippen molar-refractivity contribution in [2.24, 2.45) is 5.92 Å². The minimum Gasteiger partial charge on any atom is -0.462 e. The quantitative estimate of drug-likeness (QED) is 0.660. The largest absolute Gasteiger partial charge is 0.462 e. The lowest BCUT2D eigenvalue weighted by atomic mass is 9.89. The summed E-state index contributed by atoms with van der Waals surface area (Å²) in [6.07, 6.45) is 4.82. The van der Waals surface area contributed by atoms with Gasteiger partial charge in [0, 0.05) is 5.69 Å². The Hall–Kier alpha value is -1.51. The fraction of sp³-hybridized carbons (Fsp3) is 0.533. The summed E-state index contributed by atoms with van der Waals surface area (Å²) in [6.45, 7) is 2.26. The van der Waals surface area contributed by atoms with Gasteiger partial charge in [0.2, 0.25) is 0 Å². The maximum atomic E-state index is 11.8. The van der Waals surface area contributed by atoms with E-state index in [1.165, 1.54) is 12.8 Å². The second-order valence-electron chi connectivity index (χ2n) is 5.29. The molecule has 0 amide bonds. The number of carbonyl (C=O) groups is 1. The lowest BCUT2D eigenvalue weighted by Crippen LogP contribution is -2.24. The van der Waals surface area contributed by atoms with E-state index in [9.17, 15) is 4.79 Å². The number of rotatable bonds is 3. The molecule has 1 aliphatic rings. The number of hydrogen-bond acceptors (Lipinski definition) is 3. The highest BCUT2D eigenvalue weighted by Crippen LogP contribution is 2.25. The van der Waals surface area contributed by atoms with E-state index in [2.05, 4.69) is 6.92 Å². The van der Waals surface area contributed by atoms with Crippen LogP contribution in [0.3, 0.4) is 0 Å². The van der Waals surface area contributed by atoms with Gasteiger partial charge in [0.1, 0.15) is 6.10 Å². The summed E-state index contributed by atoms with van der Waals surface area (Å²) in [7, 11) is 0. The van der Waals surface area contributed by atoms with Crippen LogP contribution in [0.4, 0.5) is 5.69 Å². The Balaban J connectivity index is 1.80. The molecule has 2 rings (SSSR count). The maximum Gasteiger partial charge on any atom is 0.310 e. The van der Waals surface area contributed by atoms with Crippen molar-refractivity contribution in [3.8, 4) is 0 Å². The van der Waals surface area contributed by atoms with Gasteiger partial charge in [-0.2, -0.15) is 0 Å². The fourth-order valence-electron chi connectivity index (χ4n) is 2.38. The summed E-state index contributed by atoms with van der Waals surface area (Å²) in [6, 6.07) is 7.37. The third-order valence-electron chi connectivity index (χ3n) is 3.59. The molecule has 1 aliphatic carbocycles. The van der Waals surface area contributed by atoms with Gasteiger partial charge < -0.3 is 10.5 Å². The van der Waals surface area contributed by atoms with Crippen molar-refractivity contribution in [3.63, 3.8) is 0 Å². The van der Waals surface area contributed by atoms with Gasteiger partial charge in [-0.3, -0.25) is 4.79 Å². The first kappa shape index (κ1) is 12.9. The highest BCUT2D eigenvalue weighted by molar-refractivity contribution is 5.72. The van der Waals surface area contributed by atoms with Crippen molar-refractivity contribution >= 4 is 11.7 Å². The van der Waals surface area contributed by atoms with E-state index in [1.807, 2.05) is 24.3 Å². The third kappa shape index (κ3) is 3.76. The average Bonchev–Trinajstić information content (AvgIpc) is 2.35. The van der Waals surface area contributed by atoms with E-state index >= 15 is 0 Å². The van der Waals surface area contributed by atoms with E-state index in [0.717, 1.165) is 24.3 Å². The molecule has 0 aliphatic heterocycles. The van der Waals surface area contributed by atoms with Gasteiger partial charge >= 0.3 is 5.97 Å². The number of ether oxygens (including phenoxy) is 1. The smallest absolute Gasteiger partial charge is 0.310 e. The second kappa shape index (κ2) is 5.89. The SMILES string of the molecule is CC1CCC(OC(=O)Cc2ccc(N)cc2)CC1. The molecule has 18 heavy (non-hydrogen) atoms. The molecule has 2 N–H and O–H groups in total. The minimum absolute atomic E-state index is 0.126.